The van der Waals surface area contributed by atoms with Crippen LogP contribution in [0.2, 0.25) is 0 Å². The molecule has 0 amide bonds. The van der Waals surface area contributed by atoms with Gasteiger partial charge in [0.15, 0.2) is 0 Å². The van der Waals surface area contributed by atoms with E-state index in [1.807, 2.05) is 0 Å². The predicted octanol–water partition coefficient (Wildman–Crippen LogP) is -2.05. The van der Waals surface area contributed by atoms with Crippen LogP contribution in [0.3, 0.4) is 0 Å². The Morgan fingerprint density at radius 2 is 0.600 bits per heavy atom. The Morgan fingerprint density at radius 1 is 0.600 bits per heavy atom. The van der Waals surface area contributed by atoms with Gasteiger partial charge in [-0.05, 0) is 0 Å². The van der Waals surface area contributed by atoms with Crippen LogP contribution in [-0.2, 0) is 16.5 Å². The van der Waals surface area contributed by atoms with Gasteiger partial charge in [0.2, 0.25) is 0 Å². The summed E-state index contributed by atoms with van der Waals surface area (Å²) >= 11 is 0. The number of halogens is 1. The van der Waals surface area contributed by atoms with E-state index in [1.165, 1.54) is 0 Å². The molecule has 0 aliphatic carbocycles. The minimum Gasteiger partial charge on any atom is -0.412 e. The molecule has 6 N–H and O–H groups in total. The second kappa shape index (κ2) is 142. The van der Waals surface area contributed by atoms with Crippen molar-refractivity contribution in [1.29, 1.82) is 0 Å². The summed E-state index contributed by atoms with van der Waals surface area (Å²) in [5.41, 5.74) is 0. The largest absolute Gasteiger partial charge is 2.00 e. The van der Waals surface area contributed by atoms with E-state index in [0.717, 1.165) is 0 Å². The molecule has 0 radical (unpaired) electrons. The first-order valence-corrected chi connectivity index (χ1v) is 0. The second-order valence-electron chi connectivity index (χ2n) is 0. The van der Waals surface area contributed by atoms with Crippen LogP contribution in [0.4, 0.5) is 0 Å². The molecule has 0 atom stereocenters. The van der Waals surface area contributed by atoms with E-state index >= 15 is 0 Å². The van der Waals surface area contributed by atoms with E-state index in [-0.39, 0.29) is 45.3 Å². The van der Waals surface area contributed by atoms with Crippen molar-refractivity contribution < 1.29 is 32.9 Å². The molecule has 0 aromatic carbocycles. The minimum absolute atomic E-state index is 0. The van der Waals surface area contributed by atoms with Crippen molar-refractivity contribution in [2.24, 2.45) is 0 Å². The molecule has 0 aliphatic heterocycles. The van der Waals surface area contributed by atoms with Gasteiger partial charge < -0.3 is 16.4 Å². The zero-order valence-electron chi connectivity index (χ0n) is 2.22. The minimum atomic E-state index is 0. The summed E-state index contributed by atoms with van der Waals surface area (Å²) in [5, 5.41) is 0. The molecule has 0 heterocycles. The summed E-state index contributed by atoms with van der Waals surface area (Å²) in [5.74, 6) is 0. The Bertz CT molecular complexity index is 6.85. The Balaban J connectivity index is 0. The van der Waals surface area contributed by atoms with Gasteiger partial charge in [-0.25, -0.2) is 0 Å². The van der Waals surface area contributed by atoms with Crippen LogP contribution in [0.15, 0.2) is 0 Å². The molecule has 0 aromatic heterocycles. The van der Waals surface area contributed by atoms with Crippen LogP contribution in [0.5, 0.6) is 0 Å². The molecule has 0 saturated heterocycles. The van der Waals surface area contributed by atoms with E-state index in [0.29, 0.717) is 0 Å². The summed E-state index contributed by atoms with van der Waals surface area (Å²) in [6.07, 6.45) is 0. The van der Waals surface area contributed by atoms with Gasteiger partial charge in [-0.2, -0.15) is 0 Å². The smallest absolute Gasteiger partial charge is 0.412 e. The van der Waals surface area contributed by atoms with Gasteiger partial charge in [-0.15, -0.1) is 12.4 Å². The fourth-order valence-corrected chi connectivity index (χ4v) is 0. The van der Waals surface area contributed by atoms with Gasteiger partial charge >= 0.3 is 16.5 Å². The van der Waals surface area contributed by atoms with Crippen LogP contribution in [-0.4, -0.2) is 16.4 Å². The quantitative estimate of drug-likeness (QED) is 0.354. The molecular formula is H7ClNiO3+2. The zero-order chi connectivity index (χ0) is 0. The summed E-state index contributed by atoms with van der Waals surface area (Å²) in [4.78, 5) is 0. The summed E-state index contributed by atoms with van der Waals surface area (Å²) in [6, 6.07) is 0. The Hall–Kier alpha value is 0.664. The van der Waals surface area contributed by atoms with Gasteiger partial charge in [0.1, 0.15) is 0 Å². The second-order valence-corrected chi connectivity index (χ2v) is 0. The van der Waals surface area contributed by atoms with Crippen molar-refractivity contribution in [3.8, 4) is 0 Å². The van der Waals surface area contributed by atoms with Crippen molar-refractivity contribution >= 4 is 12.4 Å². The number of rotatable bonds is 0. The van der Waals surface area contributed by atoms with Crippen molar-refractivity contribution in [3.05, 3.63) is 0 Å². The molecule has 0 rings (SSSR count). The molecule has 0 fully saturated rings. The van der Waals surface area contributed by atoms with Crippen LogP contribution < -0.4 is 0 Å². The third-order valence-corrected chi connectivity index (χ3v) is 0. The fourth-order valence-electron chi connectivity index (χ4n) is 0. The Labute approximate surface area is 46.0 Å². The molecule has 3 nitrogen and oxygen atoms in total. The maximum absolute atomic E-state index is 0. The average molecular weight is 149 g/mol. The first kappa shape index (κ1) is 280. The number of hydrogen-bond acceptors (Lipinski definition) is 0. The van der Waals surface area contributed by atoms with Crippen LogP contribution in [0.1, 0.15) is 0 Å². The molecule has 0 bridgehead atoms. The first-order valence-electron chi connectivity index (χ1n) is 0. The van der Waals surface area contributed by atoms with Crippen molar-refractivity contribution in [1.82, 2.24) is 0 Å². The fraction of sp³-hybridized carbons (Fsp3) is 0. The molecule has 0 aromatic rings. The standard InChI is InChI=1S/ClH.Ni.3H2O/h1H;;3*1H2/q;+2;;;. The van der Waals surface area contributed by atoms with E-state index in [9.17, 15) is 0 Å². The van der Waals surface area contributed by atoms with Crippen molar-refractivity contribution in [2.45, 2.75) is 0 Å². The van der Waals surface area contributed by atoms with Gasteiger partial charge in [-0.3, -0.25) is 0 Å². The van der Waals surface area contributed by atoms with Gasteiger partial charge in [0.25, 0.3) is 0 Å². The maximum atomic E-state index is 0. The summed E-state index contributed by atoms with van der Waals surface area (Å²) in [7, 11) is 0. The third-order valence-electron chi connectivity index (χ3n) is 0. The zero-order valence-corrected chi connectivity index (χ0v) is 4.03. The van der Waals surface area contributed by atoms with Crippen molar-refractivity contribution in [3.63, 3.8) is 0 Å². The summed E-state index contributed by atoms with van der Waals surface area (Å²) in [6.45, 7) is 0. The summed E-state index contributed by atoms with van der Waals surface area (Å²) < 4.78 is 0. The molecule has 0 unspecified atom stereocenters. The van der Waals surface area contributed by atoms with Crippen LogP contribution >= 0.6 is 12.4 Å². The van der Waals surface area contributed by atoms with E-state index < -0.39 is 0 Å². The third kappa shape index (κ3) is 75.2. The Kier molecular flexibility index (Phi) is 7960. The van der Waals surface area contributed by atoms with E-state index in [1.54, 1.807) is 0 Å². The predicted molar refractivity (Wildman–Crippen MR) is 18.1 cm³/mol. The molecule has 5 heavy (non-hydrogen) atoms. The molecule has 40 valence electrons. The van der Waals surface area contributed by atoms with Gasteiger partial charge in [-0.1, -0.05) is 0 Å². The molecule has 0 aliphatic rings. The Morgan fingerprint density at radius 3 is 0.600 bits per heavy atom. The number of hydrogen-bond donors (Lipinski definition) is 0. The monoisotopic (exact) mass is 148 g/mol. The first-order chi connectivity index (χ1) is 0. The maximum Gasteiger partial charge on any atom is 2.00 e. The van der Waals surface area contributed by atoms with E-state index in [2.05, 4.69) is 0 Å². The van der Waals surface area contributed by atoms with Crippen LogP contribution in [0.25, 0.3) is 0 Å². The molecule has 0 saturated carbocycles. The molecule has 5 heteroatoms. The average Bonchev–Trinajstić information content (AvgIpc) is 0. The van der Waals surface area contributed by atoms with Crippen LogP contribution in [0, 0.1) is 0 Å². The normalized spacial score (nSPS) is 0. The SMILES string of the molecule is Cl.O.O.O.[Ni+2]. The molecule has 0 spiro atoms. The van der Waals surface area contributed by atoms with Gasteiger partial charge in [0, 0.05) is 0 Å². The topological polar surface area (TPSA) is 94.5 Å². The van der Waals surface area contributed by atoms with Gasteiger partial charge in [0.05, 0.1) is 0 Å². The van der Waals surface area contributed by atoms with E-state index in [4.69, 9.17) is 0 Å². The molecular weight excluding hydrogens is 142 g/mol. The van der Waals surface area contributed by atoms with Crippen molar-refractivity contribution in [2.75, 3.05) is 0 Å².